The Labute approximate surface area is 521 Å². The lowest BCUT2D eigenvalue weighted by Gasteiger charge is -2.38. The highest BCUT2D eigenvalue weighted by atomic mass is 19.4. The van der Waals surface area contributed by atoms with E-state index in [1.54, 1.807) is 0 Å². The van der Waals surface area contributed by atoms with Gasteiger partial charge in [0.2, 0.25) is 0 Å². The van der Waals surface area contributed by atoms with E-state index in [-0.39, 0.29) is 113 Å². The van der Waals surface area contributed by atoms with Crippen LogP contribution in [0, 0.1) is 46.9 Å². The van der Waals surface area contributed by atoms with Crippen molar-refractivity contribution in [2.75, 3.05) is 0 Å². The van der Waals surface area contributed by atoms with Crippen LogP contribution in [0.15, 0.2) is 109 Å². The van der Waals surface area contributed by atoms with E-state index in [4.69, 9.17) is 9.97 Å². The van der Waals surface area contributed by atoms with Gasteiger partial charge < -0.3 is 8.80 Å². The van der Waals surface area contributed by atoms with Crippen LogP contribution in [0.1, 0.15) is 133 Å². The Kier molecular flexibility index (Phi) is 11.3. The molecule has 0 N–H and O–H groups in total. The Bertz CT molecular complexity index is 5060. The summed E-state index contributed by atoms with van der Waals surface area (Å²) >= 11 is 0. The normalized spacial score (nSPS) is 22.9. The molecule has 8 aliphatic rings. The second-order valence-electron chi connectivity index (χ2n) is 27.6. The average Bonchev–Trinajstić information content (AvgIpc) is 1.48. The summed E-state index contributed by atoms with van der Waals surface area (Å²) in [6.07, 6.45) is -11.2. The predicted molar refractivity (Wildman–Crippen MR) is 324 cm³/mol. The summed E-state index contributed by atoms with van der Waals surface area (Å²) in [6.45, 7) is 0. The first kappa shape index (κ1) is 56.8. The monoisotopic (exact) mass is 1290 g/mol. The van der Waals surface area contributed by atoms with Gasteiger partial charge in [-0.05, 0) is 195 Å². The van der Waals surface area contributed by atoms with E-state index in [1.165, 1.54) is 33.3 Å². The Balaban J connectivity index is 1.12. The van der Waals surface area contributed by atoms with Crippen LogP contribution in [0.2, 0.25) is 0 Å². The van der Waals surface area contributed by atoms with Crippen molar-refractivity contribution in [3.05, 3.63) is 177 Å². The number of hydrogen-bond acceptors (Lipinski definition) is 2. The summed E-state index contributed by atoms with van der Waals surface area (Å²) in [5, 5.41) is -0.171. The van der Waals surface area contributed by atoms with E-state index >= 15 is 70.2 Å². The van der Waals surface area contributed by atoms with Crippen molar-refractivity contribution in [2.45, 2.75) is 113 Å². The largest absolute Gasteiger partial charge is 0.417 e. The molecule has 94 heavy (non-hydrogen) atoms. The van der Waals surface area contributed by atoms with Gasteiger partial charge in [-0.1, -0.05) is 24.3 Å². The molecule has 0 radical (unpaired) electrons. The average molecular weight is 1300 g/mol. The summed E-state index contributed by atoms with van der Waals surface area (Å²) in [7, 11) is 0. The molecule has 4 atom stereocenters. The Morgan fingerprint density at radius 3 is 0.915 bits per heavy atom. The minimum Gasteiger partial charge on any atom is -0.306 e. The number of benzene rings is 7. The van der Waals surface area contributed by atoms with Crippen LogP contribution >= 0.6 is 0 Å². The Hall–Kier alpha value is -8.68. The zero-order valence-corrected chi connectivity index (χ0v) is 48.9. The molecular weight excluding hydrogens is 1250 g/mol. The van der Waals surface area contributed by atoms with Crippen molar-refractivity contribution in [1.29, 1.82) is 0 Å². The molecule has 0 saturated heterocycles. The van der Waals surface area contributed by atoms with Crippen molar-refractivity contribution in [2.24, 2.45) is 23.7 Å². The molecule has 474 valence electrons. The lowest BCUT2D eigenvalue weighted by molar-refractivity contribution is -0.143. The lowest BCUT2D eigenvalue weighted by Crippen LogP contribution is -2.25. The zero-order valence-electron chi connectivity index (χ0n) is 48.9. The molecule has 20 heteroatoms. The smallest absolute Gasteiger partial charge is 0.306 e. The Morgan fingerprint density at radius 2 is 0.606 bits per heavy atom. The number of rotatable bonds is 4. The molecule has 4 fully saturated rings. The van der Waals surface area contributed by atoms with Crippen molar-refractivity contribution in [3.8, 4) is 44.5 Å². The van der Waals surface area contributed by atoms with Gasteiger partial charge in [-0.25, -0.2) is 17.6 Å². The number of hydrogen-bond donors (Lipinski definition) is 0. The van der Waals surface area contributed by atoms with Crippen LogP contribution in [0.5, 0.6) is 0 Å². The zero-order chi connectivity index (χ0) is 64.6. The van der Waals surface area contributed by atoms with Gasteiger partial charge in [0.05, 0.1) is 78.9 Å². The van der Waals surface area contributed by atoms with Gasteiger partial charge >= 0.3 is 24.7 Å². The second-order valence-corrected chi connectivity index (χ2v) is 27.6. The molecule has 4 saturated carbocycles. The summed E-state index contributed by atoms with van der Waals surface area (Å²) < 4.78 is 264. The van der Waals surface area contributed by atoms with Gasteiger partial charge in [-0.15, -0.1) is 0 Å². The minimum atomic E-state index is -5.42. The van der Waals surface area contributed by atoms with Gasteiger partial charge in [0.1, 0.15) is 23.3 Å². The van der Waals surface area contributed by atoms with Gasteiger partial charge in [-0.2, -0.15) is 52.7 Å². The molecule has 0 aliphatic heterocycles. The Morgan fingerprint density at radius 1 is 0.319 bits per heavy atom. The third kappa shape index (κ3) is 7.56. The molecule has 21 rings (SSSR count). The second kappa shape index (κ2) is 18.6. The quantitative estimate of drug-likeness (QED) is 0.165. The maximum Gasteiger partial charge on any atom is 0.417 e. The highest BCUT2D eigenvalue weighted by Crippen LogP contribution is 2.64. The molecule has 13 aromatic rings. The fraction of sp³-hybridized carbons (Fsp3) is 0.297. The highest BCUT2D eigenvalue weighted by Gasteiger charge is 2.49. The number of fused-ring (bicyclic) bond motifs is 12. The van der Waals surface area contributed by atoms with E-state index in [1.807, 2.05) is 0 Å². The first-order valence-corrected chi connectivity index (χ1v) is 31.5. The van der Waals surface area contributed by atoms with Crippen molar-refractivity contribution in [3.63, 3.8) is 0 Å². The van der Waals surface area contributed by atoms with Gasteiger partial charge in [0, 0.05) is 88.6 Å². The highest BCUT2D eigenvalue weighted by molar-refractivity contribution is 6.39. The molecule has 4 unspecified atom stereocenters. The third-order valence-electron chi connectivity index (χ3n) is 22.6. The molecule has 0 amide bonds. The first-order chi connectivity index (χ1) is 44.8. The molecular formula is C74H46F16N4. The van der Waals surface area contributed by atoms with Crippen LogP contribution in [0.3, 0.4) is 0 Å². The molecule has 7 aromatic carbocycles. The van der Waals surface area contributed by atoms with Crippen LogP contribution in [0.25, 0.3) is 121 Å². The summed E-state index contributed by atoms with van der Waals surface area (Å²) in [4.78, 5) is 10.4. The SMILES string of the molecule is Fc1cccc(F)c1-c1c2c3cc(-c4c(C(F)(F)F)cccc4C(F)(F)F)cc4c5c6c(ncc5n(c2c(-c2c(F)cccc2F)c2c5cc(-c7c(C(F)(F)F)cccc7C(F)(F)F)cc7c8c9c(ncc8n(c12)c75)C1CC2CC(C1)CC9C2)c43)C1CC2CC(C1)CC6C2. The molecule has 8 bridgehead atoms. The van der Waals surface area contributed by atoms with Gasteiger partial charge in [-0.3, -0.25) is 9.97 Å². The van der Waals surface area contributed by atoms with E-state index in [0.717, 1.165) is 87.1 Å². The third-order valence-corrected chi connectivity index (χ3v) is 22.6. The fourth-order valence-corrected chi connectivity index (χ4v) is 19.9. The maximum atomic E-state index is 18.0. The fourth-order valence-electron chi connectivity index (χ4n) is 19.9. The molecule has 8 aliphatic carbocycles. The molecule has 6 aromatic heterocycles. The summed E-state index contributed by atoms with van der Waals surface area (Å²) in [5.74, 6) is -4.75. The minimum absolute atomic E-state index is 0.0499. The topological polar surface area (TPSA) is 34.6 Å². The van der Waals surface area contributed by atoms with Crippen LogP contribution in [-0.2, 0) is 24.7 Å². The van der Waals surface area contributed by atoms with Gasteiger partial charge in [0.15, 0.2) is 0 Å². The lowest BCUT2D eigenvalue weighted by atomic mass is 9.67. The van der Waals surface area contributed by atoms with E-state index in [2.05, 4.69) is 0 Å². The first-order valence-electron chi connectivity index (χ1n) is 31.5. The van der Waals surface area contributed by atoms with Crippen molar-refractivity contribution in [1.82, 2.24) is 18.8 Å². The van der Waals surface area contributed by atoms with Crippen molar-refractivity contribution >= 4 is 76.2 Å². The number of aromatic nitrogens is 4. The summed E-state index contributed by atoms with van der Waals surface area (Å²) in [5.41, 5.74) is -10.5. The maximum absolute atomic E-state index is 18.0. The van der Waals surface area contributed by atoms with E-state index < -0.39 is 115 Å². The number of halogens is 16. The number of alkyl halides is 12. The number of pyridine rings is 2. The van der Waals surface area contributed by atoms with E-state index in [9.17, 15) is 0 Å². The standard InChI is InChI=1S/C74H46F16N4/c75-47-9-3-10-48(76)61(47)63-59-41-25-35(53-43(71(79,80)81)5-1-6-44(53)72(82,83)84)23-39-57-51(27-91-65-37-19-29-13-30(20-37)16-33(15-29)55(57)65)93(67(39)41)69(59)64(62-49(77)11-4-12-50(62)78)60-42-26-36(54-45(73(85,86)87)7-2-8-46(54)74(88,89)90)24-40-58-52(94(68(40)42)70(60)63)28-92-66-38-21-31-14-32(22-38)18-34(17-31)56(58)66/h1-12,23-34,37-38H,13-22H2. The predicted octanol–water partition coefficient (Wildman–Crippen LogP) is 22.9. The van der Waals surface area contributed by atoms with Crippen LogP contribution in [0.4, 0.5) is 70.2 Å². The summed E-state index contributed by atoms with van der Waals surface area (Å²) in [6, 6.07) is 13.8. The van der Waals surface area contributed by atoms with Crippen LogP contribution in [-0.4, -0.2) is 18.8 Å². The molecule has 4 nitrogen and oxygen atoms in total. The van der Waals surface area contributed by atoms with Gasteiger partial charge in [0.25, 0.3) is 0 Å². The number of nitrogens with zero attached hydrogens (tertiary/aromatic N) is 4. The molecule has 6 heterocycles. The van der Waals surface area contributed by atoms with Crippen LogP contribution < -0.4 is 0 Å². The molecule has 0 spiro atoms. The van der Waals surface area contributed by atoms with Crippen molar-refractivity contribution < 1.29 is 70.2 Å². The van der Waals surface area contributed by atoms with E-state index in [0.29, 0.717) is 95.4 Å².